The summed E-state index contributed by atoms with van der Waals surface area (Å²) < 4.78 is 69.0. The summed E-state index contributed by atoms with van der Waals surface area (Å²) >= 11 is 0. The van der Waals surface area contributed by atoms with Gasteiger partial charge in [-0.3, -0.25) is 4.31 Å². The van der Waals surface area contributed by atoms with Gasteiger partial charge in [0.25, 0.3) is 10.0 Å². The van der Waals surface area contributed by atoms with Crippen LogP contribution in [0, 0.1) is 0 Å². The van der Waals surface area contributed by atoms with E-state index in [2.05, 4.69) is 0 Å². The molecular formula is C15H16F3NO4S. The molecule has 0 spiro atoms. The van der Waals surface area contributed by atoms with Crippen molar-refractivity contribution in [3.63, 3.8) is 0 Å². The Hall–Kier alpha value is -2.00. The Morgan fingerprint density at radius 2 is 1.71 bits per heavy atom. The molecule has 24 heavy (non-hydrogen) atoms. The summed E-state index contributed by atoms with van der Waals surface area (Å²) in [6.07, 6.45) is -3.36. The van der Waals surface area contributed by atoms with Crippen LogP contribution < -0.4 is 4.31 Å². The second-order valence-electron chi connectivity index (χ2n) is 5.80. The fourth-order valence-corrected chi connectivity index (χ4v) is 3.53. The van der Waals surface area contributed by atoms with Gasteiger partial charge < -0.3 is 9.52 Å². The number of alkyl halides is 3. The first kappa shape index (κ1) is 18.3. The lowest BCUT2D eigenvalue weighted by atomic mass is 10.1. The van der Waals surface area contributed by atoms with Crippen LogP contribution in [-0.2, 0) is 16.2 Å². The van der Waals surface area contributed by atoms with Crippen LogP contribution in [0.15, 0.2) is 52.2 Å². The molecule has 132 valence electrons. The highest BCUT2D eigenvalue weighted by Gasteiger charge is 2.34. The topological polar surface area (TPSA) is 70.8 Å². The number of benzene rings is 1. The molecular weight excluding hydrogens is 347 g/mol. The fourth-order valence-electron chi connectivity index (χ4n) is 2.00. The van der Waals surface area contributed by atoms with Gasteiger partial charge in [0.2, 0.25) is 5.09 Å². The van der Waals surface area contributed by atoms with E-state index in [0.717, 1.165) is 28.6 Å². The molecule has 1 heterocycles. The smallest absolute Gasteiger partial charge is 0.416 e. The number of rotatable bonds is 5. The van der Waals surface area contributed by atoms with Gasteiger partial charge in [-0.1, -0.05) is 0 Å². The van der Waals surface area contributed by atoms with E-state index in [0.29, 0.717) is 0 Å². The minimum Gasteiger partial charge on any atom is -0.451 e. The summed E-state index contributed by atoms with van der Waals surface area (Å²) in [7, 11) is -4.17. The minimum atomic E-state index is -4.53. The fraction of sp³-hybridized carbons (Fsp3) is 0.333. The number of hydrogen-bond donors (Lipinski definition) is 1. The average molecular weight is 363 g/mol. The Morgan fingerprint density at radius 3 is 2.12 bits per heavy atom. The zero-order valence-corrected chi connectivity index (χ0v) is 13.7. The van der Waals surface area contributed by atoms with E-state index in [-0.39, 0.29) is 17.3 Å². The summed E-state index contributed by atoms with van der Waals surface area (Å²) in [6.45, 7) is 2.42. The van der Waals surface area contributed by atoms with Gasteiger partial charge in [-0.05, 0) is 50.2 Å². The standard InChI is InChI=1S/C15H16F3NO4S/c1-14(2,20)10-19(24(21,22)13-4-3-9-23-13)12-7-5-11(6-8-12)15(16,17)18/h3-9,20H,10H2,1-2H3. The third-order valence-electron chi connectivity index (χ3n) is 3.05. The van der Waals surface area contributed by atoms with Crippen molar-refractivity contribution in [2.75, 3.05) is 10.8 Å². The zero-order valence-electron chi connectivity index (χ0n) is 12.9. The van der Waals surface area contributed by atoms with Crippen LogP contribution in [0.3, 0.4) is 0 Å². The summed E-state index contributed by atoms with van der Waals surface area (Å²) in [5.41, 5.74) is -2.33. The molecule has 9 heteroatoms. The molecule has 0 aliphatic heterocycles. The lowest BCUT2D eigenvalue weighted by Gasteiger charge is -2.29. The van der Waals surface area contributed by atoms with Crippen LogP contribution in [-0.4, -0.2) is 25.7 Å². The Morgan fingerprint density at radius 1 is 1.12 bits per heavy atom. The average Bonchev–Trinajstić information content (AvgIpc) is 2.98. The monoisotopic (exact) mass is 363 g/mol. The lowest BCUT2D eigenvalue weighted by Crippen LogP contribution is -2.42. The number of nitrogens with zero attached hydrogens (tertiary/aromatic N) is 1. The first-order chi connectivity index (χ1) is 10.9. The maximum absolute atomic E-state index is 12.7. The van der Waals surface area contributed by atoms with E-state index in [1.54, 1.807) is 0 Å². The third-order valence-corrected chi connectivity index (χ3v) is 4.71. The largest absolute Gasteiger partial charge is 0.451 e. The molecule has 1 aromatic heterocycles. The molecule has 0 atom stereocenters. The maximum Gasteiger partial charge on any atom is 0.416 e. The molecule has 5 nitrogen and oxygen atoms in total. The molecule has 0 unspecified atom stereocenters. The van der Waals surface area contributed by atoms with Crippen LogP contribution >= 0.6 is 0 Å². The third kappa shape index (κ3) is 4.09. The number of aliphatic hydroxyl groups is 1. The molecule has 0 saturated carbocycles. The molecule has 0 fully saturated rings. The van der Waals surface area contributed by atoms with Gasteiger partial charge >= 0.3 is 6.18 Å². The van der Waals surface area contributed by atoms with Gasteiger partial charge in [-0.15, -0.1) is 0 Å². The van der Waals surface area contributed by atoms with Crippen molar-refractivity contribution in [2.45, 2.75) is 30.7 Å². The molecule has 0 bridgehead atoms. The van der Waals surface area contributed by atoms with E-state index in [4.69, 9.17) is 4.42 Å². The summed E-state index contributed by atoms with van der Waals surface area (Å²) in [4.78, 5) is 0. The van der Waals surface area contributed by atoms with Crippen molar-refractivity contribution in [2.24, 2.45) is 0 Å². The Labute approximate surface area is 137 Å². The zero-order chi connectivity index (χ0) is 18.2. The van der Waals surface area contributed by atoms with Crippen LogP contribution in [0.5, 0.6) is 0 Å². The van der Waals surface area contributed by atoms with Crippen LogP contribution in [0.25, 0.3) is 0 Å². The van der Waals surface area contributed by atoms with Crippen LogP contribution in [0.2, 0.25) is 0 Å². The summed E-state index contributed by atoms with van der Waals surface area (Å²) in [5, 5.41) is 9.61. The Bertz CT molecular complexity index is 776. The van der Waals surface area contributed by atoms with E-state index < -0.39 is 27.4 Å². The molecule has 2 rings (SSSR count). The SMILES string of the molecule is CC(C)(O)CN(c1ccc(C(F)(F)F)cc1)S(=O)(=O)c1ccco1. The Kier molecular flexibility index (Phi) is 4.69. The van der Waals surface area contributed by atoms with Crippen molar-refractivity contribution in [3.8, 4) is 0 Å². The molecule has 1 aromatic carbocycles. The van der Waals surface area contributed by atoms with Gasteiger partial charge in [0.15, 0.2) is 0 Å². The summed E-state index contributed by atoms with van der Waals surface area (Å²) in [6, 6.07) is 6.23. The van der Waals surface area contributed by atoms with Gasteiger partial charge in [-0.2, -0.15) is 21.6 Å². The van der Waals surface area contributed by atoms with Gasteiger partial charge in [0.1, 0.15) is 0 Å². The molecule has 1 N–H and O–H groups in total. The maximum atomic E-state index is 12.7. The molecule has 2 aromatic rings. The number of hydrogen-bond acceptors (Lipinski definition) is 4. The van der Waals surface area contributed by atoms with E-state index in [9.17, 15) is 26.7 Å². The van der Waals surface area contributed by atoms with Crippen molar-refractivity contribution in [1.29, 1.82) is 0 Å². The highest BCUT2D eigenvalue weighted by atomic mass is 32.2. The van der Waals surface area contributed by atoms with Gasteiger partial charge in [0, 0.05) is 0 Å². The normalized spacial score (nSPS) is 13.1. The van der Waals surface area contributed by atoms with Crippen molar-refractivity contribution < 1.29 is 31.1 Å². The molecule has 0 radical (unpaired) electrons. The predicted octanol–water partition coefficient (Wildman–Crippen LogP) is 3.26. The van der Waals surface area contributed by atoms with E-state index >= 15 is 0 Å². The van der Waals surface area contributed by atoms with Crippen LogP contribution in [0.4, 0.5) is 18.9 Å². The predicted molar refractivity (Wildman–Crippen MR) is 81.0 cm³/mol. The molecule has 0 aliphatic rings. The highest BCUT2D eigenvalue weighted by Crippen LogP contribution is 2.32. The first-order valence-electron chi connectivity index (χ1n) is 6.87. The second-order valence-corrected chi connectivity index (χ2v) is 7.59. The quantitative estimate of drug-likeness (QED) is 0.885. The Balaban J connectivity index is 2.48. The second kappa shape index (κ2) is 6.14. The number of furan rings is 1. The lowest BCUT2D eigenvalue weighted by molar-refractivity contribution is -0.137. The highest BCUT2D eigenvalue weighted by molar-refractivity contribution is 7.92. The van der Waals surface area contributed by atoms with Crippen molar-refractivity contribution in [3.05, 3.63) is 48.2 Å². The number of anilines is 1. The minimum absolute atomic E-state index is 0.0125. The number of halogens is 3. The van der Waals surface area contributed by atoms with Crippen molar-refractivity contribution in [1.82, 2.24) is 0 Å². The summed E-state index contributed by atoms with van der Waals surface area (Å²) in [5.74, 6) is 0. The van der Waals surface area contributed by atoms with Gasteiger partial charge in [0.05, 0.1) is 29.7 Å². The molecule has 0 aliphatic carbocycles. The van der Waals surface area contributed by atoms with Crippen LogP contribution in [0.1, 0.15) is 19.4 Å². The van der Waals surface area contributed by atoms with Gasteiger partial charge in [-0.25, -0.2) is 0 Å². The molecule has 0 amide bonds. The van der Waals surface area contributed by atoms with Crippen molar-refractivity contribution >= 4 is 15.7 Å². The van der Waals surface area contributed by atoms with E-state index in [1.165, 1.54) is 32.2 Å². The number of sulfonamides is 1. The van der Waals surface area contributed by atoms with E-state index in [1.807, 2.05) is 0 Å². The molecule has 0 saturated heterocycles. The first-order valence-corrected chi connectivity index (χ1v) is 8.31.